The molecule has 1 N–H and O–H groups in total. The summed E-state index contributed by atoms with van der Waals surface area (Å²) >= 11 is 1.58. The van der Waals surface area contributed by atoms with Gasteiger partial charge in [0, 0.05) is 15.5 Å². The minimum absolute atomic E-state index is 0.0361. The standard InChI is InChI=1S/C11H5F3IN3/c12-11(13,14)9-2-1-8(3-10(9)15)18-6-7(4-16)5-17/h1-3,6,18H. The maximum atomic E-state index is 12.5. The molecule has 92 valence electrons. The molecule has 0 amide bonds. The highest BCUT2D eigenvalue weighted by Crippen LogP contribution is 2.33. The van der Waals surface area contributed by atoms with Gasteiger partial charge in [0.2, 0.25) is 0 Å². The lowest BCUT2D eigenvalue weighted by Gasteiger charge is -2.10. The summed E-state index contributed by atoms with van der Waals surface area (Å²) < 4.78 is 37.5. The van der Waals surface area contributed by atoms with Crippen LogP contribution < -0.4 is 5.32 Å². The van der Waals surface area contributed by atoms with Crippen LogP contribution in [-0.2, 0) is 6.18 Å². The Bertz CT molecular complexity index is 548. The van der Waals surface area contributed by atoms with E-state index in [0.717, 1.165) is 12.3 Å². The molecule has 1 rings (SSSR count). The first-order chi connectivity index (χ1) is 8.38. The normalized spacial score (nSPS) is 10.1. The second-order valence-electron chi connectivity index (χ2n) is 3.12. The van der Waals surface area contributed by atoms with Gasteiger partial charge in [0.25, 0.3) is 0 Å². The predicted molar refractivity (Wildman–Crippen MR) is 67.1 cm³/mol. The number of anilines is 1. The Balaban J connectivity index is 2.98. The predicted octanol–water partition coefficient (Wildman–Crippen LogP) is 3.65. The summed E-state index contributed by atoms with van der Waals surface area (Å²) in [6.07, 6.45) is -3.26. The van der Waals surface area contributed by atoms with Crippen molar-refractivity contribution in [2.75, 3.05) is 5.32 Å². The Kier molecular flexibility index (Phi) is 4.56. The largest absolute Gasteiger partial charge is 0.417 e. The van der Waals surface area contributed by atoms with Gasteiger partial charge in [-0.15, -0.1) is 0 Å². The third-order valence-corrected chi connectivity index (χ3v) is 2.79. The number of nitrogens with zero attached hydrogens (tertiary/aromatic N) is 2. The smallest absolute Gasteiger partial charge is 0.360 e. The zero-order valence-electron chi connectivity index (χ0n) is 8.72. The van der Waals surface area contributed by atoms with Crippen LogP contribution in [0.3, 0.4) is 0 Å². The summed E-state index contributed by atoms with van der Waals surface area (Å²) in [5.74, 6) is 0. The molecule has 18 heavy (non-hydrogen) atoms. The maximum absolute atomic E-state index is 12.5. The van der Waals surface area contributed by atoms with Crippen LogP contribution in [0.2, 0.25) is 0 Å². The molecule has 0 saturated carbocycles. The molecule has 0 saturated heterocycles. The Morgan fingerprint density at radius 2 is 1.89 bits per heavy atom. The fourth-order valence-corrected chi connectivity index (χ4v) is 1.90. The second-order valence-corrected chi connectivity index (χ2v) is 4.28. The SMILES string of the molecule is N#CC(C#N)=CNc1ccc(C(F)(F)F)c(I)c1. The highest BCUT2D eigenvalue weighted by Gasteiger charge is 2.32. The maximum Gasteiger partial charge on any atom is 0.417 e. The molecular formula is C11H5F3IN3. The van der Waals surface area contributed by atoms with Gasteiger partial charge in [0.05, 0.1) is 5.56 Å². The number of allylic oxidation sites excluding steroid dienone is 1. The highest BCUT2D eigenvalue weighted by molar-refractivity contribution is 14.1. The minimum atomic E-state index is -4.39. The average molecular weight is 363 g/mol. The summed E-state index contributed by atoms with van der Waals surface area (Å²) in [4.78, 5) is 0. The topological polar surface area (TPSA) is 59.6 Å². The molecule has 1 aromatic rings. The number of benzene rings is 1. The number of nitrogens with one attached hydrogen (secondary N) is 1. The van der Waals surface area contributed by atoms with Gasteiger partial charge in [-0.1, -0.05) is 0 Å². The van der Waals surface area contributed by atoms with Gasteiger partial charge in [-0.3, -0.25) is 0 Å². The van der Waals surface area contributed by atoms with Crippen molar-refractivity contribution in [3.05, 3.63) is 39.1 Å². The van der Waals surface area contributed by atoms with Crippen LogP contribution in [0.25, 0.3) is 0 Å². The van der Waals surface area contributed by atoms with Gasteiger partial charge < -0.3 is 5.32 Å². The molecule has 0 heterocycles. The summed E-state index contributed by atoms with van der Waals surface area (Å²) in [6, 6.07) is 6.71. The molecule has 0 aromatic heterocycles. The van der Waals surface area contributed by atoms with E-state index in [0.29, 0.717) is 5.69 Å². The molecule has 0 aliphatic heterocycles. The van der Waals surface area contributed by atoms with Crippen LogP contribution in [0.5, 0.6) is 0 Å². The zero-order valence-corrected chi connectivity index (χ0v) is 10.9. The molecule has 1 aromatic carbocycles. The van der Waals surface area contributed by atoms with Gasteiger partial charge in [0.15, 0.2) is 0 Å². The first-order valence-corrected chi connectivity index (χ1v) is 5.60. The van der Waals surface area contributed by atoms with E-state index in [-0.39, 0.29) is 9.14 Å². The first-order valence-electron chi connectivity index (χ1n) is 4.52. The molecular weight excluding hydrogens is 358 g/mol. The van der Waals surface area contributed by atoms with Crippen LogP contribution in [0.4, 0.5) is 18.9 Å². The fraction of sp³-hybridized carbons (Fsp3) is 0.0909. The van der Waals surface area contributed by atoms with E-state index >= 15 is 0 Å². The van der Waals surface area contributed by atoms with Crippen molar-refractivity contribution in [2.24, 2.45) is 0 Å². The fourth-order valence-electron chi connectivity index (χ4n) is 1.08. The van der Waals surface area contributed by atoms with E-state index in [4.69, 9.17) is 10.5 Å². The number of halogens is 4. The van der Waals surface area contributed by atoms with E-state index < -0.39 is 11.7 Å². The van der Waals surface area contributed by atoms with Crippen LogP contribution in [-0.4, -0.2) is 0 Å². The highest BCUT2D eigenvalue weighted by atomic mass is 127. The van der Waals surface area contributed by atoms with Crippen LogP contribution >= 0.6 is 22.6 Å². The molecule has 0 aliphatic carbocycles. The molecule has 0 atom stereocenters. The van der Waals surface area contributed by atoms with Gasteiger partial charge in [-0.05, 0) is 40.8 Å². The lowest BCUT2D eigenvalue weighted by Crippen LogP contribution is -2.07. The van der Waals surface area contributed by atoms with Crippen molar-refractivity contribution < 1.29 is 13.2 Å². The minimum Gasteiger partial charge on any atom is -0.360 e. The molecule has 0 unspecified atom stereocenters. The number of nitriles is 2. The van der Waals surface area contributed by atoms with E-state index in [9.17, 15) is 13.2 Å². The summed E-state index contributed by atoms with van der Waals surface area (Å²) in [7, 11) is 0. The summed E-state index contributed by atoms with van der Waals surface area (Å²) in [5, 5.41) is 19.5. The van der Waals surface area contributed by atoms with Gasteiger partial charge >= 0.3 is 6.18 Å². The Morgan fingerprint density at radius 3 is 2.33 bits per heavy atom. The van der Waals surface area contributed by atoms with Crippen molar-refractivity contribution in [3.8, 4) is 12.1 Å². The van der Waals surface area contributed by atoms with Crippen LogP contribution in [0.15, 0.2) is 30.0 Å². The average Bonchev–Trinajstić information content (AvgIpc) is 2.28. The molecule has 0 aliphatic rings. The Hall–Kier alpha value is -1.74. The lowest BCUT2D eigenvalue weighted by molar-refractivity contribution is -0.138. The lowest BCUT2D eigenvalue weighted by atomic mass is 10.2. The monoisotopic (exact) mass is 363 g/mol. The number of rotatable bonds is 2. The first kappa shape index (κ1) is 14.3. The number of alkyl halides is 3. The molecule has 0 radical (unpaired) electrons. The molecule has 0 fully saturated rings. The van der Waals surface area contributed by atoms with Crippen molar-refractivity contribution in [3.63, 3.8) is 0 Å². The van der Waals surface area contributed by atoms with E-state index in [1.54, 1.807) is 34.7 Å². The van der Waals surface area contributed by atoms with E-state index in [2.05, 4.69) is 5.32 Å². The summed E-state index contributed by atoms with van der Waals surface area (Å²) in [5.41, 5.74) is -0.515. The second kappa shape index (κ2) is 5.74. The van der Waals surface area contributed by atoms with Gasteiger partial charge in [-0.2, -0.15) is 23.7 Å². The van der Waals surface area contributed by atoms with Crippen molar-refractivity contribution >= 4 is 28.3 Å². The number of hydrogen-bond acceptors (Lipinski definition) is 3. The third-order valence-electron chi connectivity index (χ3n) is 1.90. The van der Waals surface area contributed by atoms with E-state index in [1.807, 2.05) is 0 Å². The van der Waals surface area contributed by atoms with E-state index in [1.165, 1.54) is 12.1 Å². The van der Waals surface area contributed by atoms with Crippen LogP contribution in [0, 0.1) is 26.2 Å². The third kappa shape index (κ3) is 3.64. The molecule has 7 heteroatoms. The number of hydrogen-bond donors (Lipinski definition) is 1. The Labute approximate surface area is 115 Å². The van der Waals surface area contributed by atoms with Crippen molar-refractivity contribution in [1.82, 2.24) is 0 Å². The Morgan fingerprint density at radius 1 is 1.28 bits per heavy atom. The quantitative estimate of drug-likeness (QED) is 0.645. The molecule has 0 spiro atoms. The zero-order chi connectivity index (χ0) is 13.8. The van der Waals surface area contributed by atoms with Gasteiger partial charge in [0.1, 0.15) is 17.7 Å². The van der Waals surface area contributed by atoms with Gasteiger partial charge in [-0.25, -0.2) is 0 Å². The van der Waals surface area contributed by atoms with Crippen molar-refractivity contribution in [2.45, 2.75) is 6.18 Å². The summed E-state index contributed by atoms with van der Waals surface area (Å²) in [6.45, 7) is 0. The molecule has 3 nitrogen and oxygen atoms in total. The molecule has 0 bridgehead atoms. The van der Waals surface area contributed by atoms with Crippen molar-refractivity contribution in [1.29, 1.82) is 10.5 Å². The van der Waals surface area contributed by atoms with Crippen LogP contribution in [0.1, 0.15) is 5.56 Å².